The van der Waals surface area contributed by atoms with Crippen molar-refractivity contribution in [1.29, 1.82) is 0 Å². The lowest BCUT2D eigenvalue weighted by Gasteiger charge is -2.27. The molecule has 0 aliphatic rings. The van der Waals surface area contributed by atoms with E-state index in [2.05, 4.69) is 0 Å². The Labute approximate surface area is 136 Å². The summed E-state index contributed by atoms with van der Waals surface area (Å²) in [5.41, 5.74) is 2.16. The summed E-state index contributed by atoms with van der Waals surface area (Å²) < 4.78 is 0. The van der Waals surface area contributed by atoms with Crippen LogP contribution in [0.3, 0.4) is 0 Å². The molecule has 0 amide bonds. The summed E-state index contributed by atoms with van der Waals surface area (Å²) in [6.07, 6.45) is 2.23. The maximum Gasteiger partial charge on any atom is 0.303 e. The standard InChI is InChI=1S/C19H20NO3/c21-15-18(11-12-19(22)23)20(13-16-7-3-1-4-8-16)14-17-9-5-2-6-10-17/h1-10,18H,11-14H2,(H,22,23)/t18-/m0/s1. The second kappa shape index (κ2) is 8.86. The quantitative estimate of drug-likeness (QED) is 0.773. The van der Waals surface area contributed by atoms with Gasteiger partial charge in [0, 0.05) is 19.5 Å². The number of hydrogen-bond acceptors (Lipinski definition) is 3. The molecule has 119 valence electrons. The number of carbonyl (C=O) groups is 1. The van der Waals surface area contributed by atoms with Crippen LogP contribution >= 0.6 is 0 Å². The molecule has 1 radical (unpaired) electrons. The largest absolute Gasteiger partial charge is 0.481 e. The van der Waals surface area contributed by atoms with Gasteiger partial charge in [0.15, 0.2) is 0 Å². The molecule has 2 aromatic rings. The van der Waals surface area contributed by atoms with Crippen molar-refractivity contribution in [1.82, 2.24) is 4.90 Å². The molecule has 0 fully saturated rings. The highest BCUT2D eigenvalue weighted by molar-refractivity contribution is 5.68. The van der Waals surface area contributed by atoms with Gasteiger partial charge in [-0.25, -0.2) is 0 Å². The van der Waals surface area contributed by atoms with Crippen LogP contribution in [0.2, 0.25) is 0 Å². The van der Waals surface area contributed by atoms with E-state index in [0.29, 0.717) is 13.1 Å². The van der Waals surface area contributed by atoms with Gasteiger partial charge in [-0.05, 0) is 17.5 Å². The molecule has 2 aromatic carbocycles. The third-order valence-electron chi connectivity index (χ3n) is 3.67. The van der Waals surface area contributed by atoms with Crippen LogP contribution in [-0.4, -0.2) is 28.3 Å². The molecule has 4 nitrogen and oxygen atoms in total. The number of carbonyl (C=O) groups excluding carboxylic acids is 1. The van der Waals surface area contributed by atoms with E-state index in [9.17, 15) is 9.59 Å². The highest BCUT2D eigenvalue weighted by atomic mass is 16.4. The van der Waals surface area contributed by atoms with Crippen LogP contribution in [0.4, 0.5) is 0 Å². The molecule has 0 aromatic heterocycles. The number of carboxylic acids is 1. The van der Waals surface area contributed by atoms with Gasteiger partial charge < -0.3 is 5.11 Å². The smallest absolute Gasteiger partial charge is 0.303 e. The van der Waals surface area contributed by atoms with E-state index in [4.69, 9.17) is 5.11 Å². The third-order valence-corrected chi connectivity index (χ3v) is 3.67. The normalized spacial score (nSPS) is 12.0. The molecule has 4 heteroatoms. The van der Waals surface area contributed by atoms with E-state index in [1.807, 2.05) is 71.8 Å². The van der Waals surface area contributed by atoms with Crippen molar-refractivity contribution in [2.75, 3.05) is 0 Å². The molecule has 0 unspecified atom stereocenters. The average molecular weight is 310 g/mol. The second-order valence-corrected chi connectivity index (χ2v) is 5.44. The van der Waals surface area contributed by atoms with Crippen molar-refractivity contribution in [2.45, 2.75) is 32.0 Å². The SMILES string of the molecule is O=[C][C@H](CCC(=O)O)N(Cc1ccccc1)Cc1ccccc1. The van der Waals surface area contributed by atoms with Gasteiger partial charge in [-0.15, -0.1) is 0 Å². The molecule has 23 heavy (non-hydrogen) atoms. The molecule has 0 spiro atoms. The minimum absolute atomic E-state index is 0.0417. The summed E-state index contributed by atoms with van der Waals surface area (Å²) in [6, 6.07) is 19.1. The first-order valence-electron chi connectivity index (χ1n) is 7.60. The molecular formula is C19H20NO3. The van der Waals surface area contributed by atoms with E-state index in [1.165, 1.54) is 0 Å². The summed E-state index contributed by atoms with van der Waals surface area (Å²) in [6.45, 7) is 1.16. The van der Waals surface area contributed by atoms with E-state index in [1.54, 1.807) is 0 Å². The first kappa shape index (κ1) is 16.9. The minimum Gasteiger partial charge on any atom is -0.481 e. The van der Waals surface area contributed by atoms with Gasteiger partial charge in [0.2, 0.25) is 6.29 Å². The lowest BCUT2D eigenvalue weighted by Crippen LogP contribution is -2.36. The Morgan fingerprint density at radius 3 is 1.83 bits per heavy atom. The molecule has 0 aliphatic carbocycles. The first-order valence-corrected chi connectivity index (χ1v) is 7.60. The third kappa shape index (κ3) is 5.68. The maximum absolute atomic E-state index is 11.4. The summed E-state index contributed by atoms with van der Waals surface area (Å²) in [5.74, 6) is -0.898. The highest BCUT2D eigenvalue weighted by Gasteiger charge is 2.20. The average Bonchev–Trinajstić information content (AvgIpc) is 2.57. The molecule has 2 rings (SSSR count). The van der Waals surface area contributed by atoms with E-state index >= 15 is 0 Å². The van der Waals surface area contributed by atoms with Crippen LogP contribution in [0.5, 0.6) is 0 Å². The van der Waals surface area contributed by atoms with Crippen molar-refractivity contribution in [3.63, 3.8) is 0 Å². The number of hydrogen-bond donors (Lipinski definition) is 1. The second-order valence-electron chi connectivity index (χ2n) is 5.44. The number of rotatable bonds is 9. The van der Waals surface area contributed by atoms with Crippen molar-refractivity contribution in [2.24, 2.45) is 0 Å². The Morgan fingerprint density at radius 2 is 1.43 bits per heavy atom. The van der Waals surface area contributed by atoms with Crippen molar-refractivity contribution in [3.05, 3.63) is 71.8 Å². The molecule has 1 N–H and O–H groups in total. The van der Waals surface area contributed by atoms with Gasteiger partial charge in [-0.1, -0.05) is 60.7 Å². The number of benzene rings is 2. The van der Waals surface area contributed by atoms with Gasteiger partial charge >= 0.3 is 5.97 Å². The number of carboxylic acid groups (broad SMARTS) is 1. The van der Waals surface area contributed by atoms with Crippen LogP contribution < -0.4 is 0 Å². The van der Waals surface area contributed by atoms with Gasteiger partial charge in [0.1, 0.15) is 0 Å². The Kier molecular flexibility index (Phi) is 6.51. The zero-order chi connectivity index (χ0) is 16.5. The molecule has 0 aliphatic heterocycles. The minimum atomic E-state index is -0.898. The maximum atomic E-state index is 11.4. The lowest BCUT2D eigenvalue weighted by atomic mass is 10.1. The fourth-order valence-electron chi connectivity index (χ4n) is 2.49. The molecule has 0 saturated carbocycles. The van der Waals surface area contributed by atoms with E-state index < -0.39 is 12.0 Å². The highest BCUT2D eigenvalue weighted by Crippen LogP contribution is 2.15. The Morgan fingerprint density at radius 1 is 0.957 bits per heavy atom. The predicted octanol–water partition coefficient (Wildman–Crippen LogP) is 3.03. The van der Waals surface area contributed by atoms with Gasteiger partial charge in [0.05, 0.1) is 6.04 Å². The zero-order valence-electron chi connectivity index (χ0n) is 12.9. The van der Waals surface area contributed by atoms with Crippen molar-refractivity contribution >= 4 is 12.3 Å². The molecule has 0 saturated heterocycles. The van der Waals surface area contributed by atoms with Gasteiger partial charge in [-0.3, -0.25) is 14.5 Å². The Hall–Kier alpha value is -2.46. The van der Waals surface area contributed by atoms with Crippen LogP contribution in [0.1, 0.15) is 24.0 Å². The predicted molar refractivity (Wildman–Crippen MR) is 88.5 cm³/mol. The molecular weight excluding hydrogens is 290 g/mol. The Bertz CT molecular complexity index is 572. The van der Waals surface area contributed by atoms with Gasteiger partial charge in [-0.2, -0.15) is 0 Å². The fraction of sp³-hybridized carbons (Fsp3) is 0.263. The van der Waals surface area contributed by atoms with Crippen LogP contribution in [0.15, 0.2) is 60.7 Å². The summed E-state index contributed by atoms with van der Waals surface area (Å²) in [7, 11) is 0. The summed E-state index contributed by atoms with van der Waals surface area (Å²) in [5, 5.41) is 8.87. The lowest BCUT2D eigenvalue weighted by molar-refractivity contribution is -0.137. The number of aliphatic carboxylic acids is 1. The van der Waals surface area contributed by atoms with Crippen LogP contribution in [0, 0.1) is 0 Å². The monoisotopic (exact) mass is 310 g/mol. The molecule has 0 bridgehead atoms. The van der Waals surface area contributed by atoms with E-state index in [0.717, 1.165) is 11.1 Å². The topological polar surface area (TPSA) is 57.6 Å². The Balaban J connectivity index is 2.15. The fourth-order valence-corrected chi connectivity index (χ4v) is 2.49. The van der Waals surface area contributed by atoms with Crippen LogP contribution in [-0.2, 0) is 22.7 Å². The molecule has 0 heterocycles. The zero-order valence-corrected chi connectivity index (χ0v) is 12.9. The van der Waals surface area contributed by atoms with Crippen molar-refractivity contribution < 1.29 is 14.7 Å². The summed E-state index contributed by atoms with van der Waals surface area (Å²) in [4.78, 5) is 24.2. The number of nitrogens with zero attached hydrogens (tertiary/aromatic N) is 1. The van der Waals surface area contributed by atoms with E-state index in [-0.39, 0.29) is 12.8 Å². The summed E-state index contributed by atoms with van der Waals surface area (Å²) >= 11 is 0. The molecule has 1 atom stereocenters. The van der Waals surface area contributed by atoms with Gasteiger partial charge in [0.25, 0.3) is 0 Å². The van der Waals surface area contributed by atoms with Crippen LogP contribution in [0.25, 0.3) is 0 Å². The first-order chi connectivity index (χ1) is 11.2. The van der Waals surface area contributed by atoms with Crippen molar-refractivity contribution in [3.8, 4) is 0 Å².